The molecule has 4 heteroatoms. The number of aryl methyl sites for hydroxylation is 1. The van der Waals surface area contributed by atoms with E-state index in [2.05, 4.69) is 51.3 Å². The zero-order valence-electron chi connectivity index (χ0n) is 9.98. The Balaban J connectivity index is 2.12. The second kappa shape index (κ2) is 4.30. The highest BCUT2D eigenvalue weighted by molar-refractivity contribution is 5.60. The van der Waals surface area contributed by atoms with Crippen LogP contribution in [0.2, 0.25) is 0 Å². The SMILES string of the molecule is CCc1ccccc1-c1nnc2n1CCNC2. The van der Waals surface area contributed by atoms with Crippen molar-refractivity contribution in [1.82, 2.24) is 20.1 Å². The van der Waals surface area contributed by atoms with Gasteiger partial charge in [0.1, 0.15) is 5.82 Å². The van der Waals surface area contributed by atoms with Crippen LogP contribution in [0.3, 0.4) is 0 Å². The maximum Gasteiger partial charge on any atom is 0.164 e. The summed E-state index contributed by atoms with van der Waals surface area (Å²) in [5.74, 6) is 2.05. The van der Waals surface area contributed by atoms with E-state index in [1.807, 2.05) is 0 Å². The summed E-state index contributed by atoms with van der Waals surface area (Å²) in [6.45, 7) is 4.94. The highest BCUT2D eigenvalue weighted by Crippen LogP contribution is 2.23. The highest BCUT2D eigenvalue weighted by Gasteiger charge is 2.17. The molecule has 1 aliphatic rings. The summed E-state index contributed by atoms with van der Waals surface area (Å²) in [5.41, 5.74) is 2.55. The fraction of sp³-hybridized carbons (Fsp3) is 0.385. The third-order valence-corrected chi connectivity index (χ3v) is 3.26. The van der Waals surface area contributed by atoms with Crippen molar-refractivity contribution in [3.05, 3.63) is 35.7 Å². The lowest BCUT2D eigenvalue weighted by Gasteiger charge is -2.16. The van der Waals surface area contributed by atoms with Crippen LogP contribution < -0.4 is 5.32 Å². The molecule has 3 rings (SSSR count). The number of hydrogen-bond donors (Lipinski definition) is 1. The number of nitrogens with one attached hydrogen (secondary N) is 1. The summed E-state index contributed by atoms with van der Waals surface area (Å²) in [6, 6.07) is 8.45. The average Bonchev–Trinajstić information content (AvgIpc) is 2.82. The summed E-state index contributed by atoms with van der Waals surface area (Å²) in [7, 11) is 0. The molecule has 17 heavy (non-hydrogen) atoms. The Morgan fingerprint density at radius 3 is 3.06 bits per heavy atom. The van der Waals surface area contributed by atoms with Crippen LogP contribution in [0, 0.1) is 0 Å². The van der Waals surface area contributed by atoms with Crippen LogP contribution in [0.5, 0.6) is 0 Å². The molecule has 1 aliphatic heterocycles. The summed E-state index contributed by atoms with van der Waals surface area (Å²) in [6.07, 6.45) is 1.02. The van der Waals surface area contributed by atoms with Gasteiger partial charge in [-0.25, -0.2) is 0 Å². The van der Waals surface area contributed by atoms with Gasteiger partial charge in [0.2, 0.25) is 0 Å². The second-order valence-corrected chi connectivity index (χ2v) is 4.28. The van der Waals surface area contributed by atoms with Crippen molar-refractivity contribution in [3.63, 3.8) is 0 Å². The maximum atomic E-state index is 4.35. The number of rotatable bonds is 2. The molecule has 0 fully saturated rings. The first-order chi connectivity index (χ1) is 8.40. The molecule has 1 aromatic heterocycles. The average molecular weight is 228 g/mol. The molecule has 0 unspecified atom stereocenters. The molecule has 0 saturated carbocycles. The molecular formula is C13H16N4. The van der Waals surface area contributed by atoms with Crippen LogP contribution in [0.15, 0.2) is 24.3 Å². The lowest BCUT2D eigenvalue weighted by Crippen LogP contribution is -2.28. The van der Waals surface area contributed by atoms with Gasteiger partial charge in [-0.1, -0.05) is 31.2 Å². The number of fused-ring (bicyclic) bond motifs is 1. The van der Waals surface area contributed by atoms with E-state index in [1.54, 1.807) is 0 Å². The molecule has 0 radical (unpaired) electrons. The van der Waals surface area contributed by atoms with Gasteiger partial charge in [-0.15, -0.1) is 10.2 Å². The molecule has 0 aliphatic carbocycles. The molecule has 2 aromatic rings. The molecule has 1 N–H and O–H groups in total. The predicted molar refractivity (Wildman–Crippen MR) is 66.5 cm³/mol. The third-order valence-electron chi connectivity index (χ3n) is 3.26. The van der Waals surface area contributed by atoms with Crippen LogP contribution in [-0.2, 0) is 19.5 Å². The summed E-state index contributed by atoms with van der Waals surface area (Å²) in [4.78, 5) is 0. The van der Waals surface area contributed by atoms with Crippen molar-refractivity contribution in [2.45, 2.75) is 26.4 Å². The largest absolute Gasteiger partial charge is 0.309 e. The van der Waals surface area contributed by atoms with Crippen molar-refractivity contribution in [2.75, 3.05) is 6.54 Å². The topological polar surface area (TPSA) is 42.7 Å². The molecule has 0 spiro atoms. The smallest absolute Gasteiger partial charge is 0.164 e. The molecule has 0 atom stereocenters. The third kappa shape index (κ3) is 1.74. The van der Waals surface area contributed by atoms with Gasteiger partial charge in [-0.2, -0.15) is 0 Å². The standard InChI is InChI=1S/C13H16N4/c1-2-10-5-3-4-6-11(10)13-16-15-12-9-14-7-8-17(12)13/h3-6,14H,2,7-9H2,1H3. The highest BCUT2D eigenvalue weighted by atomic mass is 15.3. The molecular weight excluding hydrogens is 212 g/mol. The molecule has 0 bridgehead atoms. The predicted octanol–water partition coefficient (Wildman–Crippen LogP) is 1.61. The van der Waals surface area contributed by atoms with Crippen LogP contribution in [0.4, 0.5) is 0 Å². The van der Waals surface area contributed by atoms with E-state index in [-0.39, 0.29) is 0 Å². The fourth-order valence-corrected chi connectivity index (χ4v) is 2.34. The summed E-state index contributed by atoms with van der Waals surface area (Å²) in [5, 5.41) is 11.9. The van der Waals surface area contributed by atoms with Gasteiger partial charge >= 0.3 is 0 Å². The zero-order valence-corrected chi connectivity index (χ0v) is 9.98. The fourth-order valence-electron chi connectivity index (χ4n) is 2.34. The van der Waals surface area contributed by atoms with Crippen LogP contribution in [0.25, 0.3) is 11.4 Å². The quantitative estimate of drug-likeness (QED) is 0.849. The number of benzene rings is 1. The lowest BCUT2D eigenvalue weighted by molar-refractivity contribution is 0.508. The first-order valence-corrected chi connectivity index (χ1v) is 6.11. The van der Waals surface area contributed by atoms with Gasteiger partial charge in [0.25, 0.3) is 0 Å². The molecule has 88 valence electrons. The van der Waals surface area contributed by atoms with E-state index < -0.39 is 0 Å². The molecule has 2 heterocycles. The Kier molecular flexibility index (Phi) is 2.65. The normalized spacial score (nSPS) is 14.6. The van der Waals surface area contributed by atoms with Gasteiger partial charge in [0.05, 0.1) is 6.54 Å². The van der Waals surface area contributed by atoms with Gasteiger partial charge in [0.15, 0.2) is 5.82 Å². The Labute approximate surface area is 101 Å². The summed E-state index contributed by atoms with van der Waals surface area (Å²) >= 11 is 0. The van der Waals surface area contributed by atoms with Crippen molar-refractivity contribution in [3.8, 4) is 11.4 Å². The minimum Gasteiger partial charge on any atom is -0.309 e. The number of aromatic nitrogens is 3. The van der Waals surface area contributed by atoms with E-state index in [4.69, 9.17) is 0 Å². The van der Waals surface area contributed by atoms with Crippen LogP contribution >= 0.6 is 0 Å². The van der Waals surface area contributed by atoms with Crippen LogP contribution in [0.1, 0.15) is 18.3 Å². The van der Waals surface area contributed by atoms with Gasteiger partial charge in [0, 0.05) is 18.7 Å². The van der Waals surface area contributed by atoms with E-state index in [0.29, 0.717) is 0 Å². The summed E-state index contributed by atoms with van der Waals surface area (Å²) < 4.78 is 2.23. The minimum atomic E-state index is 0.821. The van der Waals surface area contributed by atoms with Gasteiger partial charge in [-0.05, 0) is 12.0 Å². The maximum absolute atomic E-state index is 4.35. The second-order valence-electron chi connectivity index (χ2n) is 4.28. The van der Waals surface area contributed by atoms with Crippen molar-refractivity contribution >= 4 is 0 Å². The van der Waals surface area contributed by atoms with E-state index in [1.165, 1.54) is 11.1 Å². The van der Waals surface area contributed by atoms with E-state index in [0.717, 1.165) is 37.7 Å². The Morgan fingerprint density at radius 2 is 2.18 bits per heavy atom. The van der Waals surface area contributed by atoms with Crippen LogP contribution in [-0.4, -0.2) is 21.3 Å². The monoisotopic (exact) mass is 228 g/mol. The lowest BCUT2D eigenvalue weighted by atomic mass is 10.0. The molecule has 0 amide bonds. The first-order valence-electron chi connectivity index (χ1n) is 6.11. The van der Waals surface area contributed by atoms with Crippen molar-refractivity contribution in [2.24, 2.45) is 0 Å². The van der Waals surface area contributed by atoms with Crippen molar-refractivity contribution < 1.29 is 0 Å². The Bertz CT molecular complexity index is 530. The van der Waals surface area contributed by atoms with E-state index in [9.17, 15) is 0 Å². The zero-order chi connectivity index (χ0) is 11.7. The first kappa shape index (κ1) is 10.5. The van der Waals surface area contributed by atoms with Gasteiger partial charge in [-0.3, -0.25) is 0 Å². The Morgan fingerprint density at radius 1 is 1.29 bits per heavy atom. The molecule has 4 nitrogen and oxygen atoms in total. The van der Waals surface area contributed by atoms with Gasteiger partial charge < -0.3 is 9.88 Å². The number of hydrogen-bond acceptors (Lipinski definition) is 3. The molecule has 0 saturated heterocycles. The van der Waals surface area contributed by atoms with Crippen molar-refractivity contribution in [1.29, 1.82) is 0 Å². The minimum absolute atomic E-state index is 0.821. The van der Waals surface area contributed by atoms with E-state index >= 15 is 0 Å². The number of nitrogens with zero attached hydrogens (tertiary/aromatic N) is 3. The molecule has 1 aromatic carbocycles. The Hall–Kier alpha value is -1.68.